The van der Waals surface area contributed by atoms with Crippen LogP contribution < -0.4 is 21.9 Å². The lowest BCUT2D eigenvalue weighted by molar-refractivity contribution is 0.598. The van der Waals surface area contributed by atoms with Crippen LogP contribution in [0.25, 0.3) is 0 Å². The van der Waals surface area contributed by atoms with Crippen LogP contribution in [0.15, 0.2) is 12.1 Å². The van der Waals surface area contributed by atoms with E-state index in [9.17, 15) is 8.42 Å². The summed E-state index contributed by atoms with van der Waals surface area (Å²) >= 11 is 0. The van der Waals surface area contributed by atoms with Crippen LogP contribution in [0.4, 0.5) is 17.3 Å². The number of primary sulfonamides is 1. The fourth-order valence-corrected chi connectivity index (χ4v) is 1.29. The molecule has 0 saturated carbocycles. The summed E-state index contributed by atoms with van der Waals surface area (Å²) in [4.78, 5) is 3.90. The summed E-state index contributed by atoms with van der Waals surface area (Å²) in [6, 6.07) is 3.19. The van der Waals surface area contributed by atoms with E-state index in [-0.39, 0.29) is 18.1 Å². The monoisotopic (exact) mass is 231 g/mol. The molecule has 0 fully saturated rings. The Balaban J connectivity index is 2.55. The average molecular weight is 231 g/mol. The van der Waals surface area contributed by atoms with Gasteiger partial charge in [-0.05, 0) is 12.1 Å². The van der Waals surface area contributed by atoms with Gasteiger partial charge >= 0.3 is 0 Å². The van der Waals surface area contributed by atoms with Gasteiger partial charge in [0.25, 0.3) is 0 Å². The summed E-state index contributed by atoms with van der Waals surface area (Å²) in [7, 11) is -3.46. The van der Waals surface area contributed by atoms with Gasteiger partial charge in [-0.2, -0.15) is 0 Å². The van der Waals surface area contributed by atoms with E-state index in [1.54, 1.807) is 12.1 Å². The molecule has 0 aliphatic heterocycles. The number of nitrogens with two attached hydrogens (primary N) is 3. The molecule has 7 N–H and O–H groups in total. The number of aromatic nitrogens is 1. The van der Waals surface area contributed by atoms with Crippen molar-refractivity contribution in [3.8, 4) is 0 Å². The Morgan fingerprint density at radius 1 is 1.33 bits per heavy atom. The molecule has 8 heteroatoms. The number of nitrogens with zero attached hydrogens (tertiary/aromatic N) is 1. The lowest BCUT2D eigenvalue weighted by atomic mass is 10.4. The van der Waals surface area contributed by atoms with E-state index >= 15 is 0 Å². The van der Waals surface area contributed by atoms with Crippen molar-refractivity contribution in [1.29, 1.82) is 0 Å². The fraction of sp³-hybridized carbons (Fsp3) is 0.286. The Morgan fingerprint density at radius 2 is 2.00 bits per heavy atom. The zero-order chi connectivity index (χ0) is 11.5. The third-order valence-corrected chi connectivity index (χ3v) is 2.42. The molecule has 1 rings (SSSR count). The van der Waals surface area contributed by atoms with Gasteiger partial charge in [-0.25, -0.2) is 18.5 Å². The van der Waals surface area contributed by atoms with Gasteiger partial charge in [0, 0.05) is 6.54 Å². The molecule has 1 aromatic rings. The highest BCUT2D eigenvalue weighted by Crippen LogP contribution is 2.14. The first-order valence-corrected chi connectivity index (χ1v) is 5.86. The van der Waals surface area contributed by atoms with Crippen LogP contribution in [0.5, 0.6) is 0 Å². The number of hydrogen-bond acceptors (Lipinski definition) is 6. The van der Waals surface area contributed by atoms with Crippen LogP contribution in [-0.4, -0.2) is 25.7 Å². The number of rotatable bonds is 4. The van der Waals surface area contributed by atoms with Crippen molar-refractivity contribution in [2.24, 2.45) is 5.14 Å². The smallest absolute Gasteiger partial charge is 0.210 e. The topological polar surface area (TPSA) is 137 Å². The Morgan fingerprint density at radius 3 is 2.53 bits per heavy atom. The average Bonchev–Trinajstić information content (AvgIpc) is 2.09. The Kier molecular flexibility index (Phi) is 3.32. The molecule has 0 bridgehead atoms. The molecular weight excluding hydrogens is 218 g/mol. The predicted molar refractivity (Wildman–Crippen MR) is 59.5 cm³/mol. The molecule has 1 heterocycles. The molecule has 0 spiro atoms. The van der Waals surface area contributed by atoms with E-state index in [4.69, 9.17) is 16.6 Å². The van der Waals surface area contributed by atoms with Crippen molar-refractivity contribution in [2.45, 2.75) is 0 Å². The first kappa shape index (κ1) is 11.5. The van der Waals surface area contributed by atoms with Gasteiger partial charge in [-0.1, -0.05) is 0 Å². The maximum absolute atomic E-state index is 10.6. The number of sulfonamides is 1. The molecule has 0 aliphatic carbocycles. The van der Waals surface area contributed by atoms with Crippen LogP contribution in [0.3, 0.4) is 0 Å². The van der Waals surface area contributed by atoms with Gasteiger partial charge in [0.1, 0.15) is 11.6 Å². The number of nitrogens with one attached hydrogen (secondary N) is 1. The second-order valence-electron chi connectivity index (χ2n) is 2.96. The van der Waals surface area contributed by atoms with Crippen LogP contribution in [-0.2, 0) is 10.0 Å². The Hall–Kier alpha value is -1.54. The molecule has 0 unspecified atom stereocenters. The summed E-state index contributed by atoms with van der Waals surface area (Å²) < 4.78 is 21.2. The normalized spacial score (nSPS) is 11.3. The highest BCUT2D eigenvalue weighted by atomic mass is 32.2. The highest BCUT2D eigenvalue weighted by Gasteiger charge is 2.03. The molecule has 15 heavy (non-hydrogen) atoms. The second-order valence-corrected chi connectivity index (χ2v) is 4.70. The van der Waals surface area contributed by atoms with Crippen LogP contribution in [0.2, 0.25) is 0 Å². The van der Waals surface area contributed by atoms with Crippen molar-refractivity contribution in [2.75, 3.05) is 29.1 Å². The van der Waals surface area contributed by atoms with Crippen LogP contribution in [0.1, 0.15) is 0 Å². The molecular formula is C7H13N5O2S. The maximum Gasteiger partial charge on any atom is 0.210 e. The molecule has 0 atom stereocenters. The number of hydrogen-bond donors (Lipinski definition) is 4. The third kappa shape index (κ3) is 4.00. The van der Waals surface area contributed by atoms with Crippen LogP contribution in [0, 0.1) is 0 Å². The standard InChI is InChI=1S/C7H13N5O2S/c8-5-1-2-6(12-7(5)9)11-3-4-15(10,13)14/h1-2H,3-4,8H2,(H3,9,11,12)(H2,10,13,14). The Bertz CT molecular complexity index is 445. The zero-order valence-corrected chi connectivity index (χ0v) is 8.79. The molecule has 1 aromatic heterocycles. The van der Waals surface area contributed by atoms with Crippen molar-refractivity contribution >= 4 is 27.3 Å². The van der Waals surface area contributed by atoms with Gasteiger partial charge in [0.05, 0.1) is 11.4 Å². The van der Waals surface area contributed by atoms with Crippen molar-refractivity contribution in [1.82, 2.24) is 4.98 Å². The summed E-state index contributed by atoms with van der Waals surface area (Å²) in [6.07, 6.45) is 0. The number of pyridine rings is 1. The van der Waals surface area contributed by atoms with Gasteiger partial charge in [0.2, 0.25) is 10.0 Å². The van der Waals surface area contributed by atoms with Gasteiger partial charge in [0.15, 0.2) is 0 Å². The van der Waals surface area contributed by atoms with Gasteiger partial charge in [-0.3, -0.25) is 0 Å². The molecule has 7 nitrogen and oxygen atoms in total. The van der Waals surface area contributed by atoms with E-state index in [1.165, 1.54) is 0 Å². The van der Waals surface area contributed by atoms with Gasteiger partial charge in [-0.15, -0.1) is 0 Å². The Labute approximate surface area is 87.7 Å². The van der Waals surface area contributed by atoms with Crippen molar-refractivity contribution in [3.63, 3.8) is 0 Å². The first-order valence-electron chi connectivity index (χ1n) is 4.15. The number of nitrogen functional groups attached to an aromatic ring is 2. The molecule has 0 aliphatic rings. The minimum Gasteiger partial charge on any atom is -0.396 e. The van der Waals surface area contributed by atoms with Crippen LogP contribution >= 0.6 is 0 Å². The lowest BCUT2D eigenvalue weighted by Crippen LogP contribution is -2.22. The van der Waals surface area contributed by atoms with E-state index in [0.29, 0.717) is 11.5 Å². The molecule has 0 saturated heterocycles. The lowest BCUT2D eigenvalue weighted by Gasteiger charge is -2.06. The summed E-state index contributed by atoms with van der Waals surface area (Å²) in [6.45, 7) is 0.176. The van der Waals surface area contributed by atoms with E-state index in [0.717, 1.165) is 0 Å². The maximum atomic E-state index is 10.6. The predicted octanol–water partition coefficient (Wildman–Crippen LogP) is -1.05. The van der Waals surface area contributed by atoms with E-state index < -0.39 is 10.0 Å². The highest BCUT2D eigenvalue weighted by molar-refractivity contribution is 7.89. The minimum absolute atomic E-state index is 0.168. The van der Waals surface area contributed by atoms with Gasteiger partial charge < -0.3 is 16.8 Å². The first-order chi connectivity index (χ1) is 6.88. The van der Waals surface area contributed by atoms with E-state index in [2.05, 4.69) is 10.3 Å². The summed E-state index contributed by atoms with van der Waals surface area (Å²) in [5.74, 6) is 0.500. The second kappa shape index (κ2) is 4.32. The summed E-state index contributed by atoms with van der Waals surface area (Å²) in [5, 5.41) is 7.58. The van der Waals surface area contributed by atoms with Crippen molar-refractivity contribution < 1.29 is 8.42 Å². The summed E-state index contributed by atoms with van der Waals surface area (Å²) in [5.41, 5.74) is 11.3. The fourth-order valence-electron chi connectivity index (χ4n) is 0.905. The third-order valence-electron chi connectivity index (χ3n) is 1.65. The largest absolute Gasteiger partial charge is 0.396 e. The van der Waals surface area contributed by atoms with E-state index in [1.807, 2.05) is 0 Å². The SMILES string of the molecule is Nc1ccc(NCCS(N)(=O)=O)nc1N. The molecule has 0 aromatic carbocycles. The van der Waals surface area contributed by atoms with Crippen molar-refractivity contribution in [3.05, 3.63) is 12.1 Å². The zero-order valence-electron chi connectivity index (χ0n) is 7.97. The number of anilines is 3. The quantitative estimate of drug-likeness (QED) is 0.521. The minimum atomic E-state index is -3.46. The molecule has 0 radical (unpaired) electrons. The molecule has 0 amide bonds. The molecule has 84 valence electrons.